The molecule has 1 amide bonds. The van der Waals surface area contributed by atoms with Crippen molar-refractivity contribution in [3.63, 3.8) is 0 Å². The first-order valence-corrected chi connectivity index (χ1v) is 7.41. The lowest BCUT2D eigenvalue weighted by Gasteiger charge is -2.25. The number of carboxylic acid groups (broad SMARTS) is 1. The summed E-state index contributed by atoms with van der Waals surface area (Å²) in [5.41, 5.74) is 2.54. The Balaban J connectivity index is 2.07. The fourth-order valence-corrected chi connectivity index (χ4v) is 2.30. The van der Waals surface area contributed by atoms with Gasteiger partial charge in [-0.2, -0.15) is 0 Å². The molecule has 1 unspecified atom stereocenters. The van der Waals surface area contributed by atoms with Crippen molar-refractivity contribution in [3.8, 4) is 0 Å². The van der Waals surface area contributed by atoms with Crippen LogP contribution >= 0.6 is 0 Å². The average molecular weight is 312 g/mol. The molecule has 0 radical (unpaired) electrons. The summed E-state index contributed by atoms with van der Waals surface area (Å²) in [6.07, 6.45) is 2.07. The van der Waals surface area contributed by atoms with Gasteiger partial charge < -0.3 is 10.0 Å². The molecule has 0 saturated carbocycles. The van der Waals surface area contributed by atoms with Gasteiger partial charge in [0, 0.05) is 25.4 Å². The topological polar surface area (TPSA) is 70.5 Å². The summed E-state index contributed by atoms with van der Waals surface area (Å²) in [6.45, 7) is 1.87. The molecule has 23 heavy (non-hydrogen) atoms. The number of aromatic nitrogens is 1. The standard InChI is InChI=1S/C18H20N2O3/c1-13-8-9-15(12-19-13)11-17(21)20(2)16(18(22)23)10-14-6-4-3-5-7-14/h3-9,12,16H,10-11H2,1-2H3,(H,22,23). The predicted octanol–water partition coefficient (Wildman–Crippen LogP) is 2.09. The highest BCUT2D eigenvalue weighted by molar-refractivity contribution is 5.85. The first-order chi connectivity index (χ1) is 11.0. The fraction of sp³-hybridized carbons (Fsp3) is 0.278. The Bertz CT molecular complexity index is 668. The van der Waals surface area contributed by atoms with E-state index >= 15 is 0 Å². The Hall–Kier alpha value is -2.69. The van der Waals surface area contributed by atoms with Crippen molar-refractivity contribution in [1.29, 1.82) is 0 Å². The van der Waals surface area contributed by atoms with E-state index in [1.807, 2.05) is 49.4 Å². The zero-order valence-corrected chi connectivity index (χ0v) is 13.3. The number of carboxylic acids is 1. The fourth-order valence-electron chi connectivity index (χ4n) is 2.30. The van der Waals surface area contributed by atoms with Gasteiger partial charge in [-0.3, -0.25) is 9.78 Å². The van der Waals surface area contributed by atoms with Crippen molar-refractivity contribution in [3.05, 3.63) is 65.5 Å². The molecule has 0 aliphatic heterocycles. The molecular formula is C18H20N2O3. The maximum absolute atomic E-state index is 12.4. The van der Waals surface area contributed by atoms with Gasteiger partial charge in [0.2, 0.25) is 5.91 Å². The maximum atomic E-state index is 12.4. The Labute approximate surface area is 135 Å². The number of aliphatic carboxylic acids is 1. The van der Waals surface area contributed by atoms with Gasteiger partial charge >= 0.3 is 5.97 Å². The lowest BCUT2D eigenvalue weighted by atomic mass is 10.0. The van der Waals surface area contributed by atoms with Gasteiger partial charge in [0.1, 0.15) is 6.04 Å². The second kappa shape index (κ2) is 7.54. The van der Waals surface area contributed by atoms with Crippen molar-refractivity contribution in [2.24, 2.45) is 0 Å². The van der Waals surface area contributed by atoms with Crippen LogP contribution in [0.5, 0.6) is 0 Å². The average Bonchev–Trinajstić information content (AvgIpc) is 2.55. The molecule has 1 atom stereocenters. The van der Waals surface area contributed by atoms with E-state index in [4.69, 9.17) is 0 Å². The number of likely N-dealkylation sites (N-methyl/N-ethyl adjacent to an activating group) is 1. The first kappa shape index (κ1) is 16.7. The van der Waals surface area contributed by atoms with Crippen LogP contribution in [-0.4, -0.2) is 40.0 Å². The van der Waals surface area contributed by atoms with Gasteiger partial charge in [0.25, 0.3) is 0 Å². The number of benzene rings is 1. The number of aryl methyl sites for hydroxylation is 1. The van der Waals surface area contributed by atoms with Crippen molar-refractivity contribution in [2.75, 3.05) is 7.05 Å². The van der Waals surface area contributed by atoms with E-state index in [1.54, 1.807) is 6.20 Å². The van der Waals surface area contributed by atoms with Crippen LogP contribution in [0.2, 0.25) is 0 Å². The van der Waals surface area contributed by atoms with Crippen LogP contribution in [0, 0.1) is 6.92 Å². The normalized spacial score (nSPS) is 11.7. The minimum absolute atomic E-state index is 0.141. The summed E-state index contributed by atoms with van der Waals surface area (Å²) in [5.74, 6) is -1.24. The Morgan fingerprint density at radius 2 is 1.83 bits per heavy atom. The number of carbonyl (C=O) groups is 2. The highest BCUT2D eigenvalue weighted by atomic mass is 16.4. The van der Waals surface area contributed by atoms with Crippen molar-refractivity contribution < 1.29 is 14.7 Å². The molecule has 0 aliphatic carbocycles. The molecule has 2 aromatic rings. The molecule has 5 nitrogen and oxygen atoms in total. The summed E-state index contributed by atoms with van der Waals surface area (Å²) in [5, 5.41) is 9.45. The molecule has 1 aromatic carbocycles. The maximum Gasteiger partial charge on any atom is 0.326 e. The van der Waals surface area contributed by atoms with Gasteiger partial charge in [-0.25, -0.2) is 4.79 Å². The van der Waals surface area contributed by atoms with Crippen molar-refractivity contribution in [2.45, 2.75) is 25.8 Å². The molecule has 2 rings (SSSR count). The third-order valence-corrected chi connectivity index (χ3v) is 3.75. The summed E-state index contributed by atoms with van der Waals surface area (Å²) < 4.78 is 0. The predicted molar refractivity (Wildman–Crippen MR) is 87.0 cm³/mol. The molecule has 1 N–H and O–H groups in total. The number of nitrogens with zero attached hydrogens (tertiary/aromatic N) is 2. The Kier molecular flexibility index (Phi) is 5.46. The van der Waals surface area contributed by atoms with E-state index < -0.39 is 12.0 Å². The van der Waals surface area contributed by atoms with E-state index in [0.29, 0.717) is 0 Å². The number of hydrogen-bond donors (Lipinski definition) is 1. The minimum Gasteiger partial charge on any atom is -0.480 e. The zero-order chi connectivity index (χ0) is 16.8. The van der Waals surface area contributed by atoms with Crippen molar-refractivity contribution in [1.82, 2.24) is 9.88 Å². The highest BCUT2D eigenvalue weighted by Crippen LogP contribution is 2.11. The van der Waals surface area contributed by atoms with E-state index in [2.05, 4.69) is 4.98 Å². The lowest BCUT2D eigenvalue weighted by molar-refractivity contribution is -0.148. The van der Waals surface area contributed by atoms with Crippen LogP contribution in [0.1, 0.15) is 16.8 Å². The largest absolute Gasteiger partial charge is 0.480 e. The molecule has 0 spiro atoms. The first-order valence-electron chi connectivity index (χ1n) is 7.41. The molecule has 120 valence electrons. The van der Waals surface area contributed by atoms with Gasteiger partial charge in [0.05, 0.1) is 6.42 Å². The Morgan fingerprint density at radius 3 is 2.39 bits per heavy atom. The van der Waals surface area contributed by atoms with Gasteiger partial charge in [-0.15, -0.1) is 0 Å². The SMILES string of the molecule is Cc1ccc(CC(=O)N(C)C(Cc2ccccc2)C(=O)O)cn1. The third-order valence-electron chi connectivity index (χ3n) is 3.75. The van der Waals surface area contributed by atoms with Crippen LogP contribution in [0.3, 0.4) is 0 Å². The zero-order valence-electron chi connectivity index (χ0n) is 13.3. The van der Waals surface area contributed by atoms with Crippen LogP contribution < -0.4 is 0 Å². The molecule has 0 aliphatic rings. The van der Waals surface area contributed by atoms with Crippen molar-refractivity contribution >= 4 is 11.9 Å². The summed E-state index contributed by atoms with van der Waals surface area (Å²) >= 11 is 0. The smallest absolute Gasteiger partial charge is 0.326 e. The number of rotatable bonds is 6. The molecule has 0 saturated heterocycles. The number of amides is 1. The summed E-state index contributed by atoms with van der Waals surface area (Å²) in [4.78, 5) is 29.4. The number of pyridine rings is 1. The lowest BCUT2D eigenvalue weighted by Crippen LogP contribution is -2.44. The third kappa shape index (κ3) is 4.64. The van der Waals surface area contributed by atoms with E-state index in [1.165, 1.54) is 11.9 Å². The summed E-state index contributed by atoms with van der Waals surface area (Å²) in [6, 6.07) is 12.1. The summed E-state index contributed by atoms with van der Waals surface area (Å²) in [7, 11) is 1.53. The van der Waals surface area contributed by atoms with Crippen LogP contribution in [-0.2, 0) is 22.4 Å². The minimum atomic E-state index is -1.01. The molecule has 0 bridgehead atoms. The van der Waals surface area contributed by atoms with Gasteiger partial charge in [0.15, 0.2) is 0 Å². The molecule has 5 heteroatoms. The molecule has 1 heterocycles. The van der Waals surface area contributed by atoms with E-state index in [9.17, 15) is 14.7 Å². The van der Waals surface area contributed by atoms with Crippen LogP contribution in [0.4, 0.5) is 0 Å². The molecule has 1 aromatic heterocycles. The van der Waals surface area contributed by atoms with Gasteiger partial charge in [-0.1, -0.05) is 36.4 Å². The molecular weight excluding hydrogens is 292 g/mol. The quantitative estimate of drug-likeness (QED) is 0.886. The number of carbonyl (C=O) groups excluding carboxylic acids is 1. The monoisotopic (exact) mass is 312 g/mol. The van der Waals surface area contributed by atoms with Crippen LogP contribution in [0.15, 0.2) is 48.7 Å². The second-order valence-electron chi connectivity index (χ2n) is 5.53. The van der Waals surface area contributed by atoms with E-state index in [0.717, 1.165) is 16.8 Å². The van der Waals surface area contributed by atoms with Gasteiger partial charge in [-0.05, 0) is 24.1 Å². The Morgan fingerprint density at radius 1 is 1.13 bits per heavy atom. The highest BCUT2D eigenvalue weighted by Gasteiger charge is 2.26. The second-order valence-corrected chi connectivity index (χ2v) is 5.53. The number of hydrogen-bond acceptors (Lipinski definition) is 3. The van der Waals surface area contributed by atoms with E-state index in [-0.39, 0.29) is 18.7 Å². The molecule has 0 fully saturated rings. The van der Waals surface area contributed by atoms with Crippen LogP contribution in [0.25, 0.3) is 0 Å².